The summed E-state index contributed by atoms with van der Waals surface area (Å²) in [4.78, 5) is 28.5. The maximum atomic E-state index is 12.3. The van der Waals surface area contributed by atoms with Crippen molar-refractivity contribution in [1.29, 1.82) is 0 Å². The van der Waals surface area contributed by atoms with E-state index in [1.807, 2.05) is 74.5 Å². The number of pyridine rings is 3. The molecule has 1 fully saturated rings. The van der Waals surface area contributed by atoms with Crippen LogP contribution in [0.2, 0.25) is 0 Å². The van der Waals surface area contributed by atoms with Crippen LogP contribution in [0, 0.1) is 0 Å². The second kappa shape index (κ2) is 10.4. The van der Waals surface area contributed by atoms with Gasteiger partial charge in [-0.2, -0.15) is 5.10 Å². The predicted octanol–water partition coefficient (Wildman–Crippen LogP) is 5.49. The van der Waals surface area contributed by atoms with Crippen LogP contribution in [0.25, 0.3) is 28.0 Å². The summed E-state index contributed by atoms with van der Waals surface area (Å²) in [5.74, 6) is 1.97. The first-order valence-corrected chi connectivity index (χ1v) is 13.2. The van der Waals surface area contributed by atoms with E-state index in [2.05, 4.69) is 45.2 Å². The Morgan fingerprint density at radius 3 is 2.71 bits per heavy atom. The minimum atomic E-state index is -0.524. The summed E-state index contributed by atoms with van der Waals surface area (Å²) in [6, 6.07) is 10.1. The second-order valence-corrected chi connectivity index (χ2v) is 11.1. The Kier molecular flexibility index (Phi) is 7.01. The summed E-state index contributed by atoms with van der Waals surface area (Å²) in [6.07, 6.45) is 8.88. The Balaban J connectivity index is 1.39. The fourth-order valence-corrected chi connectivity index (χ4v) is 4.66. The molecule has 0 bridgehead atoms. The number of carbonyl (C=O) groups is 1. The van der Waals surface area contributed by atoms with E-state index in [0.29, 0.717) is 12.5 Å². The lowest BCUT2D eigenvalue weighted by atomic mass is 10.0. The second-order valence-electron chi connectivity index (χ2n) is 11.1. The molecule has 0 aliphatic carbocycles. The molecule has 9 heteroatoms. The van der Waals surface area contributed by atoms with Crippen LogP contribution >= 0.6 is 0 Å². The number of hydrogen-bond acceptors (Lipinski definition) is 7. The standard InChI is InChI=1S/C29H35N7O2/c1-19(2)20-12-21(15-30-14-20)24-13-25-22(16-31-24)17-32-36(25)27-10-6-9-26(34-27)35-11-7-8-23(18-35)33-28(37)38-29(3,4)5/h6,9-10,12-17,19,23H,7-8,11,18H2,1-5H3,(H,33,37). The van der Waals surface area contributed by atoms with Gasteiger partial charge in [0, 0.05) is 48.7 Å². The molecule has 4 aromatic rings. The van der Waals surface area contributed by atoms with E-state index in [1.54, 1.807) is 0 Å². The lowest BCUT2D eigenvalue weighted by Crippen LogP contribution is -2.49. The number of hydrogen-bond donors (Lipinski definition) is 1. The third-order valence-electron chi connectivity index (χ3n) is 6.58. The molecule has 9 nitrogen and oxygen atoms in total. The van der Waals surface area contributed by atoms with Gasteiger partial charge >= 0.3 is 6.09 Å². The molecule has 1 N–H and O–H groups in total. The number of piperidine rings is 1. The largest absolute Gasteiger partial charge is 0.444 e. The highest BCUT2D eigenvalue weighted by Gasteiger charge is 2.25. The molecule has 1 atom stereocenters. The van der Waals surface area contributed by atoms with Gasteiger partial charge in [0.25, 0.3) is 0 Å². The average molecular weight is 514 g/mol. The lowest BCUT2D eigenvalue weighted by Gasteiger charge is -2.34. The van der Waals surface area contributed by atoms with Crippen molar-refractivity contribution < 1.29 is 9.53 Å². The van der Waals surface area contributed by atoms with E-state index in [4.69, 9.17) is 9.72 Å². The van der Waals surface area contributed by atoms with Gasteiger partial charge in [-0.1, -0.05) is 19.9 Å². The van der Waals surface area contributed by atoms with Crippen LogP contribution in [-0.4, -0.2) is 55.6 Å². The molecule has 4 aromatic heterocycles. The van der Waals surface area contributed by atoms with Crippen LogP contribution in [0.3, 0.4) is 0 Å². The zero-order valence-electron chi connectivity index (χ0n) is 22.7. The molecule has 0 radical (unpaired) electrons. The third kappa shape index (κ3) is 5.77. The lowest BCUT2D eigenvalue weighted by molar-refractivity contribution is 0.0500. The SMILES string of the molecule is CC(C)c1cncc(-c2cc3c(cn2)cnn3-c2cccc(N3CCCC(NC(=O)OC(C)(C)C)C3)n2)c1. The highest BCUT2D eigenvalue weighted by Crippen LogP contribution is 2.26. The van der Waals surface area contributed by atoms with Gasteiger partial charge in [-0.25, -0.2) is 14.5 Å². The Hall–Kier alpha value is -4.01. The molecule has 198 valence electrons. The van der Waals surface area contributed by atoms with Crippen LogP contribution in [0.4, 0.5) is 10.6 Å². The first-order valence-electron chi connectivity index (χ1n) is 13.2. The fourth-order valence-electron chi connectivity index (χ4n) is 4.66. The first-order chi connectivity index (χ1) is 18.2. The molecule has 0 saturated carbocycles. The number of fused-ring (bicyclic) bond motifs is 1. The number of nitrogens with zero attached hydrogens (tertiary/aromatic N) is 6. The minimum Gasteiger partial charge on any atom is -0.444 e. The van der Waals surface area contributed by atoms with Crippen molar-refractivity contribution in [2.75, 3.05) is 18.0 Å². The molecule has 5 heterocycles. The highest BCUT2D eigenvalue weighted by molar-refractivity contribution is 5.83. The Bertz CT molecular complexity index is 1440. The molecule has 38 heavy (non-hydrogen) atoms. The van der Waals surface area contributed by atoms with Crippen molar-refractivity contribution in [3.05, 3.63) is 60.7 Å². The van der Waals surface area contributed by atoms with E-state index in [0.717, 1.165) is 53.2 Å². The number of aromatic nitrogens is 5. The van der Waals surface area contributed by atoms with Crippen molar-refractivity contribution in [1.82, 2.24) is 30.0 Å². The van der Waals surface area contributed by atoms with E-state index >= 15 is 0 Å². The first kappa shape index (κ1) is 25.6. The topological polar surface area (TPSA) is 98.1 Å². The maximum absolute atomic E-state index is 12.3. The van der Waals surface area contributed by atoms with Gasteiger partial charge in [-0.05, 0) is 69.4 Å². The van der Waals surface area contributed by atoms with Gasteiger partial charge in [-0.15, -0.1) is 0 Å². The van der Waals surface area contributed by atoms with Gasteiger partial charge in [0.1, 0.15) is 11.4 Å². The minimum absolute atomic E-state index is 0.00145. The molecule has 1 aliphatic heterocycles. The highest BCUT2D eigenvalue weighted by atomic mass is 16.6. The number of ether oxygens (including phenoxy) is 1. The maximum Gasteiger partial charge on any atom is 0.407 e. The fraction of sp³-hybridized carbons (Fsp3) is 0.414. The molecular formula is C29H35N7O2. The molecule has 5 rings (SSSR count). The zero-order valence-corrected chi connectivity index (χ0v) is 22.7. The van der Waals surface area contributed by atoms with Gasteiger partial charge in [0.2, 0.25) is 0 Å². The van der Waals surface area contributed by atoms with Crippen molar-refractivity contribution in [2.45, 2.75) is 65.0 Å². The summed E-state index contributed by atoms with van der Waals surface area (Å²) in [5, 5.41) is 8.58. The van der Waals surface area contributed by atoms with Crippen molar-refractivity contribution in [3.63, 3.8) is 0 Å². The van der Waals surface area contributed by atoms with Crippen LogP contribution < -0.4 is 10.2 Å². The third-order valence-corrected chi connectivity index (χ3v) is 6.58. The molecule has 0 aromatic carbocycles. The molecule has 1 amide bonds. The van der Waals surface area contributed by atoms with E-state index in [9.17, 15) is 4.79 Å². The van der Waals surface area contributed by atoms with Crippen LogP contribution in [0.5, 0.6) is 0 Å². The van der Waals surface area contributed by atoms with Crippen molar-refractivity contribution in [2.24, 2.45) is 0 Å². The van der Waals surface area contributed by atoms with Gasteiger partial charge in [-0.3, -0.25) is 9.97 Å². The predicted molar refractivity (Wildman–Crippen MR) is 149 cm³/mol. The van der Waals surface area contributed by atoms with Crippen molar-refractivity contribution >= 4 is 22.8 Å². The summed E-state index contributed by atoms with van der Waals surface area (Å²) in [6.45, 7) is 11.5. The summed E-state index contributed by atoms with van der Waals surface area (Å²) >= 11 is 0. The zero-order chi connectivity index (χ0) is 26.9. The van der Waals surface area contributed by atoms with Gasteiger partial charge in [0.15, 0.2) is 5.82 Å². The van der Waals surface area contributed by atoms with Gasteiger partial charge < -0.3 is 15.0 Å². The average Bonchev–Trinajstić information content (AvgIpc) is 3.31. The van der Waals surface area contributed by atoms with Crippen molar-refractivity contribution in [3.8, 4) is 17.1 Å². The number of anilines is 1. The smallest absolute Gasteiger partial charge is 0.407 e. The quantitative estimate of drug-likeness (QED) is 0.377. The molecular weight excluding hydrogens is 478 g/mol. The summed E-state index contributed by atoms with van der Waals surface area (Å²) in [5.41, 5.74) is 3.40. The summed E-state index contributed by atoms with van der Waals surface area (Å²) in [7, 11) is 0. The molecule has 1 aliphatic rings. The van der Waals surface area contributed by atoms with E-state index in [-0.39, 0.29) is 12.1 Å². The molecule has 1 unspecified atom stereocenters. The van der Waals surface area contributed by atoms with E-state index < -0.39 is 5.60 Å². The number of amides is 1. The summed E-state index contributed by atoms with van der Waals surface area (Å²) < 4.78 is 7.30. The van der Waals surface area contributed by atoms with Crippen LogP contribution in [0.1, 0.15) is 58.9 Å². The van der Waals surface area contributed by atoms with E-state index in [1.165, 1.54) is 5.56 Å². The molecule has 0 spiro atoms. The Morgan fingerprint density at radius 2 is 1.92 bits per heavy atom. The molecule has 1 saturated heterocycles. The normalized spacial score (nSPS) is 16.2. The number of carbonyl (C=O) groups excluding carboxylic acids is 1. The van der Waals surface area contributed by atoms with Crippen LogP contribution in [0.15, 0.2) is 55.1 Å². The number of nitrogens with one attached hydrogen (secondary N) is 1. The monoisotopic (exact) mass is 513 g/mol. The van der Waals surface area contributed by atoms with Gasteiger partial charge in [0.05, 0.1) is 17.4 Å². The Labute approximate surface area is 223 Å². The Morgan fingerprint density at radius 1 is 1.11 bits per heavy atom. The number of alkyl carbamates (subject to hydrolysis) is 1. The van der Waals surface area contributed by atoms with Crippen LogP contribution in [-0.2, 0) is 4.74 Å². The number of rotatable bonds is 5.